The van der Waals surface area contributed by atoms with Crippen molar-refractivity contribution in [3.8, 4) is 22.6 Å². The van der Waals surface area contributed by atoms with Crippen LogP contribution >= 0.6 is 0 Å². The average molecular weight is 404 g/mol. The Balaban J connectivity index is 1.85. The van der Waals surface area contributed by atoms with E-state index in [9.17, 15) is 0 Å². The molecule has 31 heavy (non-hydrogen) atoms. The number of benzene rings is 3. The van der Waals surface area contributed by atoms with Gasteiger partial charge in [0, 0.05) is 18.3 Å². The molecule has 0 amide bonds. The summed E-state index contributed by atoms with van der Waals surface area (Å²) in [5.74, 6) is 0.902. The lowest BCUT2D eigenvalue weighted by Crippen LogP contribution is -2.03. The van der Waals surface area contributed by atoms with Gasteiger partial charge < -0.3 is 4.57 Å². The number of hydrogen-bond donors (Lipinski definition) is 0. The summed E-state index contributed by atoms with van der Waals surface area (Å²) in [6, 6.07) is 27.4. The van der Waals surface area contributed by atoms with Crippen molar-refractivity contribution in [1.29, 1.82) is 0 Å². The van der Waals surface area contributed by atoms with Crippen LogP contribution in [0.15, 0.2) is 85.1 Å². The van der Waals surface area contributed by atoms with E-state index in [0.29, 0.717) is 0 Å². The van der Waals surface area contributed by atoms with Crippen LogP contribution in [0.1, 0.15) is 22.3 Å². The molecule has 152 valence electrons. The van der Waals surface area contributed by atoms with Crippen molar-refractivity contribution in [3.05, 3.63) is 107 Å². The minimum absolute atomic E-state index is 0.749. The summed E-state index contributed by atoms with van der Waals surface area (Å²) in [7, 11) is 0. The Morgan fingerprint density at radius 3 is 2.26 bits per heavy atom. The molecular weight excluding hydrogens is 378 g/mol. The molecule has 5 rings (SSSR count). The molecule has 0 saturated carbocycles. The van der Waals surface area contributed by atoms with Crippen molar-refractivity contribution in [3.63, 3.8) is 0 Å². The molecule has 0 unspecified atom stereocenters. The summed E-state index contributed by atoms with van der Waals surface area (Å²) in [5, 5.41) is 0. The molecule has 5 aromatic rings. The maximum absolute atomic E-state index is 5.20. The Bertz CT molecular complexity index is 1370. The highest BCUT2D eigenvalue weighted by atomic mass is 15.1. The molecule has 0 bridgehead atoms. The molecule has 0 saturated heterocycles. The highest BCUT2D eigenvalue weighted by molar-refractivity contribution is 5.97. The number of rotatable bonds is 4. The van der Waals surface area contributed by atoms with Crippen LogP contribution in [0.2, 0.25) is 0 Å². The van der Waals surface area contributed by atoms with E-state index in [1.807, 2.05) is 24.4 Å². The third kappa shape index (κ3) is 3.42. The van der Waals surface area contributed by atoms with E-state index in [-0.39, 0.29) is 0 Å². The van der Waals surface area contributed by atoms with Gasteiger partial charge in [0.1, 0.15) is 5.69 Å². The molecule has 2 aromatic heterocycles. The van der Waals surface area contributed by atoms with Crippen molar-refractivity contribution in [1.82, 2.24) is 14.5 Å². The van der Waals surface area contributed by atoms with Gasteiger partial charge >= 0.3 is 0 Å². The maximum atomic E-state index is 5.20. The SMILES string of the molecule is Cc1ccccc1-c1c(C)c(C)cc2c1nc(-c1ccccn1)n2Cc1ccccc1. The van der Waals surface area contributed by atoms with Crippen LogP contribution in [0.4, 0.5) is 0 Å². The van der Waals surface area contributed by atoms with E-state index in [0.717, 1.165) is 29.1 Å². The number of pyridine rings is 1. The Hall–Kier alpha value is -3.72. The van der Waals surface area contributed by atoms with Gasteiger partial charge in [-0.05, 0) is 66.8 Å². The number of fused-ring (bicyclic) bond motifs is 1. The van der Waals surface area contributed by atoms with Crippen LogP contribution in [0.25, 0.3) is 33.7 Å². The fourth-order valence-corrected chi connectivity index (χ4v) is 4.28. The molecule has 0 atom stereocenters. The molecule has 0 aliphatic carbocycles. The Morgan fingerprint density at radius 1 is 0.774 bits per heavy atom. The Labute approximate surface area is 183 Å². The van der Waals surface area contributed by atoms with Gasteiger partial charge in [-0.25, -0.2) is 4.98 Å². The van der Waals surface area contributed by atoms with Crippen LogP contribution < -0.4 is 0 Å². The zero-order chi connectivity index (χ0) is 21.4. The number of hydrogen-bond acceptors (Lipinski definition) is 2. The molecule has 0 radical (unpaired) electrons. The summed E-state index contributed by atoms with van der Waals surface area (Å²) >= 11 is 0. The minimum atomic E-state index is 0.749. The van der Waals surface area contributed by atoms with Gasteiger partial charge in [0.15, 0.2) is 5.82 Å². The lowest BCUT2D eigenvalue weighted by Gasteiger charge is -2.14. The fourth-order valence-electron chi connectivity index (χ4n) is 4.28. The summed E-state index contributed by atoms with van der Waals surface area (Å²) in [4.78, 5) is 9.83. The second-order valence-electron chi connectivity index (χ2n) is 8.10. The third-order valence-corrected chi connectivity index (χ3v) is 6.06. The van der Waals surface area contributed by atoms with Gasteiger partial charge in [-0.2, -0.15) is 0 Å². The summed E-state index contributed by atoms with van der Waals surface area (Å²) in [6.07, 6.45) is 1.83. The normalized spacial score (nSPS) is 11.2. The number of imidazole rings is 1. The summed E-state index contributed by atoms with van der Waals surface area (Å²) in [5.41, 5.74) is 10.6. The maximum Gasteiger partial charge on any atom is 0.160 e. The van der Waals surface area contributed by atoms with Gasteiger partial charge in [0.25, 0.3) is 0 Å². The first-order valence-electron chi connectivity index (χ1n) is 10.7. The highest BCUT2D eigenvalue weighted by Gasteiger charge is 2.20. The third-order valence-electron chi connectivity index (χ3n) is 6.06. The number of aryl methyl sites for hydroxylation is 2. The molecule has 0 N–H and O–H groups in total. The Morgan fingerprint density at radius 2 is 1.52 bits per heavy atom. The summed E-state index contributed by atoms with van der Waals surface area (Å²) in [6.45, 7) is 7.31. The molecule has 0 aliphatic rings. The molecule has 0 fully saturated rings. The van der Waals surface area contributed by atoms with E-state index < -0.39 is 0 Å². The standard InChI is InChI=1S/C28H25N3/c1-19-11-7-8-14-23(19)26-21(3)20(2)17-25-27(26)30-28(24-15-9-10-16-29-24)31(25)18-22-12-5-4-6-13-22/h4-17H,18H2,1-3H3. The predicted molar refractivity (Wildman–Crippen MR) is 128 cm³/mol. The average Bonchev–Trinajstić information content (AvgIpc) is 3.14. The molecule has 0 aliphatic heterocycles. The lowest BCUT2D eigenvalue weighted by atomic mass is 9.92. The molecule has 3 aromatic carbocycles. The van der Waals surface area contributed by atoms with E-state index in [4.69, 9.17) is 4.98 Å². The zero-order valence-corrected chi connectivity index (χ0v) is 18.1. The first-order chi connectivity index (χ1) is 15.1. The minimum Gasteiger partial charge on any atom is -0.318 e. The van der Waals surface area contributed by atoms with Crippen molar-refractivity contribution in [2.24, 2.45) is 0 Å². The van der Waals surface area contributed by atoms with E-state index in [2.05, 4.69) is 91.0 Å². The van der Waals surface area contributed by atoms with Crippen LogP contribution in [0.3, 0.4) is 0 Å². The van der Waals surface area contributed by atoms with Crippen molar-refractivity contribution >= 4 is 11.0 Å². The first-order valence-corrected chi connectivity index (χ1v) is 10.7. The quantitative estimate of drug-likeness (QED) is 0.333. The largest absolute Gasteiger partial charge is 0.318 e. The molecule has 0 spiro atoms. The number of aromatic nitrogens is 3. The highest BCUT2D eigenvalue weighted by Crippen LogP contribution is 2.37. The van der Waals surface area contributed by atoms with Gasteiger partial charge in [0.2, 0.25) is 0 Å². The number of nitrogens with zero attached hydrogens (tertiary/aromatic N) is 3. The van der Waals surface area contributed by atoms with Crippen LogP contribution in [0, 0.1) is 20.8 Å². The molecular formula is C28H25N3. The van der Waals surface area contributed by atoms with Gasteiger partial charge in [-0.1, -0.05) is 60.7 Å². The van der Waals surface area contributed by atoms with E-state index in [1.54, 1.807) is 0 Å². The van der Waals surface area contributed by atoms with Crippen molar-refractivity contribution in [2.45, 2.75) is 27.3 Å². The van der Waals surface area contributed by atoms with Crippen molar-refractivity contribution < 1.29 is 0 Å². The first kappa shape index (κ1) is 19.3. The van der Waals surface area contributed by atoms with Gasteiger partial charge in [0.05, 0.1) is 11.0 Å². The fraction of sp³-hybridized carbons (Fsp3) is 0.143. The second-order valence-corrected chi connectivity index (χ2v) is 8.10. The second kappa shape index (κ2) is 7.84. The predicted octanol–water partition coefficient (Wildman–Crippen LogP) is 6.74. The smallest absolute Gasteiger partial charge is 0.160 e. The van der Waals surface area contributed by atoms with E-state index in [1.165, 1.54) is 33.4 Å². The van der Waals surface area contributed by atoms with E-state index >= 15 is 0 Å². The topological polar surface area (TPSA) is 30.7 Å². The van der Waals surface area contributed by atoms with Crippen LogP contribution in [0.5, 0.6) is 0 Å². The zero-order valence-electron chi connectivity index (χ0n) is 18.1. The monoisotopic (exact) mass is 403 g/mol. The van der Waals surface area contributed by atoms with Crippen molar-refractivity contribution in [2.75, 3.05) is 0 Å². The van der Waals surface area contributed by atoms with Crippen LogP contribution in [-0.4, -0.2) is 14.5 Å². The molecule has 3 nitrogen and oxygen atoms in total. The Kier molecular flexibility index (Phi) is 4.87. The lowest BCUT2D eigenvalue weighted by molar-refractivity contribution is 0.830. The van der Waals surface area contributed by atoms with Gasteiger partial charge in [-0.3, -0.25) is 4.98 Å². The summed E-state index contributed by atoms with van der Waals surface area (Å²) < 4.78 is 2.31. The van der Waals surface area contributed by atoms with Gasteiger partial charge in [-0.15, -0.1) is 0 Å². The van der Waals surface area contributed by atoms with Crippen LogP contribution in [-0.2, 0) is 6.54 Å². The molecule has 3 heteroatoms. The molecule has 2 heterocycles.